The molecule has 1 aromatic rings. The highest BCUT2D eigenvalue weighted by Crippen LogP contribution is 2.25. The normalized spacial score (nSPS) is 21.2. The summed E-state index contributed by atoms with van der Waals surface area (Å²) >= 11 is 0. The zero-order chi connectivity index (χ0) is 15.2. The number of nitro benzene ring substituents is 1. The van der Waals surface area contributed by atoms with Crippen molar-refractivity contribution in [1.82, 2.24) is 5.32 Å². The lowest BCUT2D eigenvalue weighted by Crippen LogP contribution is -2.41. The van der Waals surface area contributed by atoms with E-state index in [1.54, 1.807) is 12.1 Å². The number of hydrogen-bond donors (Lipinski definition) is 2. The van der Waals surface area contributed by atoms with Crippen LogP contribution in [-0.2, 0) is 9.53 Å². The Bertz CT molecular complexity index is 521. The summed E-state index contributed by atoms with van der Waals surface area (Å²) in [7, 11) is 0. The van der Waals surface area contributed by atoms with E-state index in [4.69, 9.17) is 4.74 Å². The highest BCUT2D eigenvalue weighted by molar-refractivity contribution is 5.95. The average molecular weight is 293 g/mol. The van der Waals surface area contributed by atoms with Gasteiger partial charge in [0.05, 0.1) is 24.1 Å². The molecular weight excluding hydrogens is 274 g/mol. The third-order valence-electron chi connectivity index (χ3n) is 3.43. The van der Waals surface area contributed by atoms with Crippen LogP contribution in [0.3, 0.4) is 0 Å². The van der Waals surface area contributed by atoms with E-state index in [0.717, 1.165) is 13.0 Å². The van der Waals surface area contributed by atoms with Crippen molar-refractivity contribution in [1.29, 1.82) is 0 Å². The van der Waals surface area contributed by atoms with Crippen LogP contribution >= 0.6 is 0 Å². The van der Waals surface area contributed by atoms with Crippen molar-refractivity contribution >= 4 is 17.3 Å². The van der Waals surface area contributed by atoms with Gasteiger partial charge in [-0.3, -0.25) is 14.9 Å². The van der Waals surface area contributed by atoms with Crippen LogP contribution in [-0.4, -0.2) is 36.6 Å². The molecule has 114 valence electrons. The number of amides is 1. The number of nitro groups is 1. The van der Waals surface area contributed by atoms with Crippen molar-refractivity contribution < 1.29 is 14.5 Å². The van der Waals surface area contributed by atoms with Crippen molar-refractivity contribution in [3.8, 4) is 0 Å². The largest absolute Gasteiger partial charge is 0.379 e. The van der Waals surface area contributed by atoms with Gasteiger partial charge in [-0.2, -0.15) is 0 Å². The van der Waals surface area contributed by atoms with E-state index < -0.39 is 4.92 Å². The molecule has 2 unspecified atom stereocenters. The smallest absolute Gasteiger partial charge is 0.292 e. The molecule has 1 saturated heterocycles. The molecule has 7 nitrogen and oxygen atoms in total. The number of nitrogens with one attached hydrogen (secondary N) is 2. The second kappa shape index (κ2) is 7.14. The van der Waals surface area contributed by atoms with Crippen LogP contribution in [0.5, 0.6) is 0 Å². The minimum Gasteiger partial charge on any atom is -0.379 e. The zero-order valence-corrected chi connectivity index (χ0v) is 11.9. The van der Waals surface area contributed by atoms with E-state index in [-0.39, 0.29) is 29.2 Å². The van der Waals surface area contributed by atoms with Gasteiger partial charge < -0.3 is 15.4 Å². The molecule has 0 aliphatic carbocycles. The molecule has 1 aliphatic heterocycles. The highest BCUT2D eigenvalue weighted by atomic mass is 16.6. The predicted octanol–water partition coefficient (Wildman–Crippen LogP) is 1.55. The fourth-order valence-corrected chi connectivity index (χ4v) is 2.31. The lowest BCUT2D eigenvalue weighted by atomic mass is 10.0. The van der Waals surface area contributed by atoms with Gasteiger partial charge in [-0.05, 0) is 19.0 Å². The maximum absolute atomic E-state index is 12.3. The van der Waals surface area contributed by atoms with E-state index in [2.05, 4.69) is 10.6 Å². The highest BCUT2D eigenvalue weighted by Gasteiger charge is 2.34. The van der Waals surface area contributed by atoms with Crippen molar-refractivity contribution in [2.24, 2.45) is 5.92 Å². The maximum atomic E-state index is 12.3. The first-order valence-corrected chi connectivity index (χ1v) is 6.99. The summed E-state index contributed by atoms with van der Waals surface area (Å²) in [6.07, 6.45) is 0.967. The molecule has 1 aliphatic rings. The minimum absolute atomic E-state index is 0.0484. The van der Waals surface area contributed by atoms with Gasteiger partial charge in [0.25, 0.3) is 5.69 Å². The molecule has 1 heterocycles. The molecule has 0 radical (unpaired) electrons. The van der Waals surface area contributed by atoms with Gasteiger partial charge in [0.15, 0.2) is 0 Å². The number of anilines is 1. The molecule has 2 rings (SSSR count). The van der Waals surface area contributed by atoms with Gasteiger partial charge in [0, 0.05) is 12.1 Å². The number of ether oxygens (including phenoxy) is 1. The van der Waals surface area contributed by atoms with Crippen molar-refractivity contribution in [3.05, 3.63) is 34.4 Å². The van der Waals surface area contributed by atoms with E-state index in [1.165, 1.54) is 12.1 Å². The lowest BCUT2D eigenvalue weighted by Gasteiger charge is -2.18. The molecule has 0 bridgehead atoms. The summed E-state index contributed by atoms with van der Waals surface area (Å²) < 4.78 is 5.35. The molecule has 2 atom stereocenters. The molecule has 2 N–H and O–H groups in total. The molecule has 1 aromatic carbocycles. The summed E-state index contributed by atoms with van der Waals surface area (Å²) in [5.41, 5.74) is 0.108. The van der Waals surface area contributed by atoms with Gasteiger partial charge in [-0.15, -0.1) is 0 Å². The fourth-order valence-electron chi connectivity index (χ4n) is 2.31. The Kier molecular flexibility index (Phi) is 5.24. The summed E-state index contributed by atoms with van der Waals surface area (Å²) in [5.74, 6) is -0.591. The maximum Gasteiger partial charge on any atom is 0.292 e. The van der Waals surface area contributed by atoms with Crippen LogP contribution in [0.15, 0.2) is 24.3 Å². The van der Waals surface area contributed by atoms with Crippen molar-refractivity contribution in [2.75, 3.05) is 25.1 Å². The first-order chi connectivity index (χ1) is 10.1. The second-order valence-electron chi connectivity index (χ2n) is 4.97. The van der Waals surface area contributed by atoms with Crippen LogP contribution in [0.2, 0.25) is 0 Å². The van der Waals surface area contributed by atoms with E-state index in [9.17, 15) is 14.9 Å². The summed E-state index contributed by atoms with van der Waals surface area (Å²) in [5, 5.41) is 16.9. The third kappa shape index (κ3) is 3.77. The Hall–Kier alpha value is -1.99. The van der Waals surface area contributed by atoms with Gasteiger partial charge in [-0.25, -0.2) is 0 Å². The van der Waals surface area contributed by atoms with Gasteiger partial charge in [-0.1, -0.05) is 19.1 Å². The molecule has 1 fully saturated rings. The lowest BCUT2D eigenvalue weighted by molar-refractivity contribution is -0.383. The number of para-hydroxylation sites is 2. The topological polar surface area (TPSA) is 93.5 Å². The van der Waals surface area contributed by atoms with Gasteiger partial charge in [0.1, 0.15) is 5.69 Å². The van der Waals surface area contributed by atoms with E-state index in [0.29, 0.717) is 13.2 Å². The third-order valence-corrected chi connectivity index (χ3v) is 3.43. The molecule has 1 amide bonds. The first kappa shape index (κ1) is 15.4. The van der Waals surface area contributed by atoms with Gasteiger partial charge in [0.2, 0.25) is 5.91 Å². The Labute approximate surface area is 122 Å². The monoisotopic (exact) mass is 293 g/mol. The Morgan fingerprint density at radius 1 is 1.43 bits per heavy atom. The van der Waals surface area contributed by atoms with Gasteiger partial charge >= 0.3 is 0 Å². The summed E-state index contributed by atoms with van der Waals surface area (Å²) in [6, 6.07) is 6.07. The number of carbonyl (C=O) groups excluding carboxylic acids is 1. The average Bonchev–Trinajstić information content (AvgIpc) is 2.94. The van der Waals surface area contributed by atoms with Crippen LogP contribution in [0.25, 0.3) is 0 Å². The van der Waals surface area contributed by atoms with Crippen LogP contribution in [0.4, 0.5) is 11.4 Å². The van der Waals surface area contributed by atoms with Crippen LogP contribution in [0.1, 0.15) is 13.3 Å². The van der Waals surface area contributed by atoms with E-state index in [1.807, 2.05) is 6.92 Å². The number of hydrogen-bond acceptors (Lipinski definition) is 5. The van der Waals surface area contributed by atoms with Crippen LogP contribution < -0.4 is 10.6 Å². The molecule has 7 heteroatoms. The Morgan fingerprint density at radius 2 is 2.19 bits per heavy atom. The molecular formula is C14H19N3O4. The first-order valence-electron chi connectivity index (χ1n) is 6.99. The molecule has 21 heavy (non-hydrogen) atoms. The second-order valence-corrected chi connectivity index (χ2v) is 4.97. The molecule has 0 spiro atoms. The number of benzene rings is 1. The summed E-state index contributed by atoms with van der Waals surface area (Å²) in [6.45, 7) is 3.66. The number of carbonyl (C=O) groups is 1. The number of nitrogens with zero attached hydrogens (tertiary/aromatic N) is 1. The zero-order valence-electron chi connectivity index (χ0n) is 11.9. The predicted molar refractivity (Wildman–Crippen MR) is 78.1 cm³/mol. The fraction of sp³-hybridized carbons (Fsp3) is 0.500. The standard InChI is InChI=1S/C14H19N3O4/c1-2-7-15-12-9-21-8-10(12)14(18)16-11-5-3-4-6-13(11)17(19)20/h3-6,10,12,15H,2,7-9H2,1H3,(H,16,18). The Balaban J connectivity index is 2.06. The van der Waals surface area contributed by atoms with Crippen molar-refractivity contribution in [2.45, 2.75) is 19.4 Å². The molecule has 0 aromatic heterocycles. The van der Waals surface area contributed by atoms with Crippen molar-refractivity contribution in [3.63, 3.8) is 0 Å². The summed E-state index contributed by atoms with van der Waals surface area (Å²) in [4.78, 5) is 22.8. The SMILES string of the molecule is CCCNC1COCC1C(=O)Nc1ccccc1[N+](=O)[O-]. The van der Waals surface area contributed by atoms with Crippen LogP contribution in [0, 0.1) is 16.0 Å². The number of rotatable bonds is 6. The minimum atomic E-state index is -0.506. The molecule has 0 saturated carbocycles. The Morgan fingerprint density at radius 3 is 2.90 bits per heavy atom. The van der Waals surface area contributed by atoms with E-state index >= 15 is 0 Å². The quantitative estimate of drug-likeness (QED) is 0.613.